The molecule has 3 heterocycles. The van der Waals surface area contributed by atoms with E-state index in [1.165, 1.54) is 6.42 Å². The van der Waals surface area contributed by atoms with Crippen LogP contribution >= 0.6 is 11.6 Å². The number of nitrogens with one attached hydrogen (secondary N) is 1. The van der Waals surface area contributed by atoms with Crippen LogP contribution in [0.3, 0.4) is 0 Å². The van der Waals surface area contributed by atoms with Crippen molar-refractivity contribution in [1.29, 1.82) is 0 Å². The van der Waals surface area contributed by atoms with Crippen LogP contribution in [0, 0.1) is 0 Å². The molecule has 3 aliphatic rings. The molecular weight excluding hydrogens is 370 g/mol. The summed E-state index contributed by atoms with van der Waals surface area (Å²) in [5.74, 6) is 0.163. The zero-order chi connectivity index (χ0) is 19.0. The number of nitrogens with zero attached hydrogens (tertiary/aromatic N) is 4. The first kappa shape index (κ1) is 18.1. The highest BCUT2D eigenvalue weighted by Crippen LogP contribution is 2.24. The van der Waals surface area contributed by atoms with Crippen LogP contribution in [-0.2, 0) is 6.54 Å². The molecule has 1 aromatic rings. The first-order valence-corrected chi connectivity index (χ1v) is 9.39. The Kier molecular flexibility index (Phi) is 4.94. The summed E-state index contributed by atoms with van der Waals surface area (Å²) in [6, 6.07) is 5.11. The van der Waals surface area contributed by atoms with Gasteiger partial charge in [-0.15, -0.1) is 0 Å². The molecule has 0 radical (unpaired) electrons. The van der Waals surface area contributed by atoms with Gasteiger partial charge in [0.05, 0.1) is 23.7 Å². The smallest absolute Gasteiger partial charge is 0.349 e. The maximum absolute atomic E-state index is 12.2. The number of aromatic amines is 1. The first-order valence-electron chi connectivity index (χ1n) is 9.02. The zero-order valence-corrected chi connectivity index (χ0v) is 15.4. The van der Waals surface area contributed by atoms with E-state index in [9.17, 15) is 14.7 Å². The van der Waals surface area contributed by atoms with Crippen molar-refractivity contribution >= 4 is 22.6 Å². The highest BCUT2D eigenvalue weighted by molar-refractivity contribution is 6.31. The van der Waals surface area contributed by atoms with Gasteiger partial charge in [-0.25, -0.2) is 9.78 Å². The van der Waals surface area contributed by atoms with Crippen molar-refractivity contribution in [3.63, 3.8) is 0 Å². The molecule has 0 aliphatic carbocycles. The van der Waals surface area contributed by atoms with Crippen molar-refractivity contribution in [3.8, 4) is 11.5 Å². The topological polar surface area (TPSA) is 104 Å². The first-order chi connectivity index (χ1) is 13.0. The van der Waals surface area contributed by atoms with Crippen LogP contribution < -0.4 is 11.2 Å². The van der Waals surface area contributed by atoms with Gasteiger partial charge < -0.3 is 14.6 Å². The van der Waals surface area contributed by atoms with Crippen molar-refractivity contribution < 1.29 is 5.11 Å². The predicted octanol–water partition coefficient (Wildman–Crippen LogP) is 1.08. The molecule has 0 saturated carbocycles. The van der Waals surface area contributed by atoms with Crippen molar-refractivity contribution in [3.05, 3.63) is 44.1 Å². The number of aromatic nitrogens is 4. The minimum atomic E-state index is -0.734. The fourth-order valence-corrected chi connectivity index (χ4v) is 3.83. The molecule has 0 amide bonds. The molecule has 142 valence electrons. The molecule has 1 saturated heterocycles. The van der Waals surface area contributed by atoms with E-state index in [1.807, 2.05) is 0 Å². The van der Waals surface area contributed by atoms with Gasteiger partial charge in [0.15, 0.2) is 11.5 Å². The lowest BCUT2D eigenvalue weighted by atomic mass is 10.1. The number of aliphatic hydroxyl groups excluding tert-OH is 1. The average molecular weight is 390 g/mol. The number of likely N-dealkylation sites (tertiary alicyclic amines) is 1. The molecule has 27 heavy (non-hydrogen) atoms. The second-order valence-electron chi connectivity index (χ2n) is 6.91. The Bertz CT molecular complexity index is 1060. The van der Waals surface area contributed by atoms with Gasteiger partial charge in [-0.05, 0) is 44.1 Å². The molecule has 9 heteroatoms. The molecule has 2 N–H and O–H groups in total. The SMILES string of the molecule is O=c1nc2n(CC(O)CN3CCCCC3)c3ccc(Cl)cc3nc-2c(=O)[nH]1. The Balaban J connectivity index is 1.78. The maximum atomic E-state index is 12.2. The maximum Gasteiger partial charge on any atom is 0.349 e. The summed E-state index contributed by atoms with van der Waals surface area (Å²) in [5.41, 5.74) is -0.129. The Morgan fingerprint density at radius 3 is 2.70 bits per heavy atom. The molecule has 0 bridgehead atoms. The molecule has 0 spiro atoms. The number of piperidine rings is 1. The third-order valence-electron chi connectivity index (χ3n) is 4.88. The van der Waals surface area contributed by atoms with Gasteiger partial charge in [-0.2, -0.15) is 4.98 Å². The molecule has 1 atom stereocenters. The van der Waals surface area contributed by atoms with Gasteiger partial charge in [0.2, 0.25) is 0 Å². The van der Waals surface area contributed by atoms with Crippen molar-refractivity contribution in [2.24, 2.45) is 0 Å². The number of H-pyrrole nitrogens is 1. The third-order valence-corrected chi connectivity index (χ3v) is 5.12. The fraction of sp³-hybridized carbons (Fsp3) is 0.444. The van der Waals surface area contributed by atoms with Crippen LogP contribution in [0.15, 0.2) is 27.8 Å². The number of benzene rings is 1. The zero-order valence-electron chi connectivity index (χ0n) is 14.7. The van der Waals surface area contributed by atoms with Crippen LogP contribution in [0.5, 0.6) is 0 Å². The van der Waals surface area contributed by atoms with Crippen LogP contribution in [-0.4, -0.2) is 55.3 Å². The minimum Gasteiger partial charge on any atom is -0.390 e. The number of aliphatic hydroxyl groups is 1. The summed E-state index contributed by atoms with van der Waals surface area (Å²) in [5, 5.41) is 11.2. The average Bonchev–Trinajstić information content (AvgIpc) is 2.63. The summed E-state index contributed by atoms with van der Waals surface area (Å²) in [7, 11) is 0. The predicted molar refractivity (Wildman–Crippen MR) is 102 cm³/mol. The quantitative estimate of drug-likeness (QED) is 0.647. The summed E-state index contributed by atoms with van der Waals surface area (Å²) < 4.78 is 1.68. The van der Waals surface area contributed by atoms with E-state index in [2.05, 4.69) is 19.9 Å². The van der Waals surface area contributed by atoms with E-state index in [-0.39, 0.29) is 18.1 Å². The van der Waals surface area contributed by atoms with E-state index in [1.54, 1.807) is 22.8 Å². The van der Waals surface area contributed by atoms with Gasteiger partial charge in [0.1, 0.15) is 0 Å². The van der Waals surface area contributed by atoms with Gasteiger partial charge in [-0.1, -0.05) is 18.0 Å². The standard InChI is InChI=1S/C18H20ClN5O3/c19-11-4-5-14-13(8-11)20-15-16(21-18(27)22-17(15)26)24(14)10-12(25)9-23-6-2-1-3-7-23/h4-5,8,12,25H,1-3,6-7,9-10H2,(H,22,26,27). The van der Waals surface area contributed by atoms with Crippen LogP contribution in [0.4, 0.5) is 0 Å². The summed E-state index contributed by atoms with van der Waals surface area (Å²) in [6.45, 7) is 2.67. The number of rotatable bonds is 4. The van der Waals surface area contributed by atoms with E-state index in [0.717, 1.165) is 25.9 Å². The molecule has 0 aromatic heterocycles. The summed E-state index contributed by atoms with van der Waals surface area (Å²) >= 11 is 6.06. The second kappa shape index (κ2) is 7.38. The third kappa shape index (κ3) is 3.73. The van der Waals surface area contributed by atoms with Gasteiger partial charge >= 0.3 is 5.69 Å². The Labute approximate surface area is 159 Å². The summed E-state index contributed by atoms with van der Waals surface area (Å²) in [6.07, 6.45) is 2.82. The molecule has 8 nitrogen and oxygen atoms in total. The Hall–Kier alpha value is -2.29. The van der Waals surface area contributed by atoms with Crippen molar-refractivity contribution in [2.45, 2.75) is 31.9 Å². The van der Waals surface area contributed by atoms with Gasteiger partial charge in [0, 0.05) is 11.6 Å². The van der Waals surface area contributed by atoms with Crippen LogP contribution in [0.1, 0.15) is 19.3 Å². The lowest BCUT2D eigenvalue weighted by molar-refractivity contribution is 0.0892. The highest BCUT2D eigenvalue weighted by Gasteiger charge is 2.22. The Morgan fingerprint density at radius 1 is 1.15 bits per heavy atom. The van der Waals surface area contributed by atoms with E-state index in [4.69, 9.17) is 11.6 Å². The molecule has 1 unspecified atom stereocenters. The van der Waals surface area contributed by atoms with Crippen molar-refractivity contribution in [1.82, 2.24) is 24.4 Å². The molecule has 4 rings (SSSR count). The number of halogens is 1. The lowest BCUT2D eigenvalue weighted by Gasteiger charge is -2.29. The van der Waals surface area contributed by atoms with Crippen LogP contribution in [0.2, 0.25) is 5.02 Å². The summed E-state index contributed by atoms with van der Waals surface area (Å²) in [4.78, 5) is 36.6. The molecule has 3 aliphatic heterocycles. The number of fused-ring (bicyclic) bond motifs is 2. The monoisotopic (exact) mass is 389 g/mol. The second-order valence-corrected chi connectivity index (χ2v) is 7.35. The number of β-amino-alcohol motifs (C(OH)–C–C–N with tert-alkyl or cyclic N) is 1. The largest absolute Gasteiger partial charge is 0.390 e. The van der Waals surface area contributed by atoms with Crippen LogP contribution in [0.25, 0.3) is 22.6 Å². The lowest BCUT2D eigenvalue weighted by Crippen LogP contribution is -2.38. The van der Waals surface area contributed by atoms with Gasteiger partial charge in [-0.3, -0.25) is 9.78 Å². The normalized spacial score (nSPS) is 16.8. The van der Waals surface area contributed by atoms with Crippen molar-refractivity contribution in [2.75, 3.05) is 19.6 Å². The fourth-order valence-electron chi connectivity index (χ4n) is 3.67. The molecule has 1 fully saturated rings. The Morgan fingerprint density at radius 2 is 1.93 bits per heavy atom. The molecule has 1 aromatic carbocycles. The van der Waals surface area contributed by atoms with E-state index >= 15 is 0 Å². The minimum absolute atomic E-state index is 0.0505. The van der Waals surface area contributed by atoms with E-state index in [0.29, 0.717) is 22.6 Å². The highest BCUT2D eigenvalue weighted by atomic mass is 35.5. The molecular formula is C18H20ClN5O3. The van der Waals surface area contributed by atoms with E-state index < -0.39 is 17.4 Å². The number of hydrogen-bond donors (Lipinski definition) is 2. The van der Waals surface area contributed by atoms with Gasteiger partial charge in [0.25, 0.3) is 5.56 Å². The number of hydrogen-bond acceptors (Lipinski definition) is 6.